The van der Waals surface area contributed by atoms with Crippen LogP contribution < -0.4 is 5.32 Å². The number of hydrogen-bond acceptors (Lipinski definition) is 3. The van der Waals surface area contributed by atoms with Crippen molar-refractivity contribution < 1.29 is 14.3 Å². The Kier molecular flexibility index (Phi) is 6.08. The molecule has 0 bridgehead atoms. The molecule has 0 heterocycles. The topological polar surface area (TPSA) is 55.4 Å². The van der Waals surface area contributed by atoms with Crippen molar-refractivity contribution in [3.63, 3.8) is 0 Å². The summed E-state index contributed by atoms with van der Waals surface area (Å²) in [7, 11) is 0. The summed E-state index contributed by atoms with van der Waals surface area (Å²) in [6, 6.07) is -0.454. The number of carbonyl (C=O) groups excluding carboxylic acids is 2. The zero-order valence-corrected chi connectivity index (χ0v) is 10.9. The Labute approximate surface area is 97.7 Å². The molecule has 0 saturated heterocycles. The van der Waals surface area contributed by atoms with Gasteiger partial charge in [0.2, 0.25) is 0 Å². The molecule has 4 heteroatoms. The molecule has 0 aliphatic heterocycles. The minimum atomic E-state index is -0.536. The van der Waals surface area contributed by atoms with Crippen LogP contribution in [0.2, 0.25) is 0 Å². The van der Waals surface area contributed by atoms with Crippen molar-refractivity contribution in [2.75, 3.05) is 0 Å². The minimum absolute atomic E-state index is 0.171. The van der Waals surface area contributed by atoms with E-state index in [0.29, 0.717) is 0 Å². The Hall–Kier alpha value is -1.06. The highest BCUT2D eigenvalue weighted by atomic mass is 16.6. The maximum atomic E-state index is 11.5. The van der Waals surface area contributed by atoms with Crippen molar-refractivity contribution in [1.29, 1.82) is 0 Å². The van der Waals surface area contributed by atoms with Gasteiger partial charge >= 0.3 is 6.09 Å². The molecule has 0 spiro atoms. The van der Waals surface area contributed by atoms with Crippen LogP contribution in [0.1, 0.15) is 47.5 Å². The van der Waals surface area contributed by atoms with Gasteiger partial charge in [-0.15, -0.1) is 0 Å². The second-order valence-corrected chi connectivity index (χ2v) is 4.88. The lowest BCUT2D eigenvalue weighted by atomic mass is 9.95. The van der Waals surface area contributed by atoms with E-state index in [1.54, 1.807) is 20.8 Å². The predicted octanol–water partition coefficient (Wildman–Crippen LogP) is 2.51. The van der Waals surface area contributed by atoms with E-state index >= 15 is 0 Å². The van der Waals surface area contributed by atoms with Gasteiger partial charge in [-0.05, 0) is 26.7 Å². The van der Waals surface area contributed by atoms with Gasteiger partial charge in [0.05, 0.1) is 6.04 Å². The average Bonchev–Trinajstić information content (AvgIpc) is 2.15. The summed E-state index contributed by atoms with van der Waals surface area (Å²) in [6.45, 7) is 9.38. The summed E-state index contributed by atoms with van der Waals surface area (Å²) in [5.74, 6) is 0.171. The first kappa shape index (κ1) is 14.9. The van der Waals surface area contributed by atoms with Crippen LogP contribution >= 0.6 is 0 Å². The molecule has 94 valence electrons. The monoisotopic (exact) mass is 229 g/mol. The first-order valence-electron chi connectivity index (χ1n) is 5.78. The molecule has 1 atom stereocenters. The molecule has 0 aromatic rings. The molecule has 0 saturated carbocycles. The Morgan fingerprint density at radius 2 is 1.81 bits per heavy atom. The molecule has 0 aliphatic carbocycles. The third-order valence-corrected chi connectivity index (χ3v) is 2.39. The standard InChI is InChI=1S/C12H23NO3/c1-6-9(7-2)10(8-14)13-11(15)16-12(3,4)5/h8-10H,6-7H2,1-5H3,(H,13,15). The summed E-state index contributed by atoms with van der Waals surface area (Å²) in [4.78, 5) is 22.4. The average molecular weight is 229 g/mol. The van der Waals surface area contributed by atoms with Crippen LogP contribution in [0, 0.1) is 5.92 Å². The van der Waals surface area contributed by atoms with Gasteiger partial charge in [0.25, 0.3) is 0 Å². The number of rotatable bonds is 5. The summed E-state index contributed by atoms with van der Waals surface area (Å²) in [5, 5.41) is 2.60. The van der Waals surface area contributed by atoms with Crippen LogP contribution in [0.5, 0.6) is 0 Å². The molecule has 1 unspecified atom stereocenters. The van der Waals surface area contributed by atoms with Gasteiger partial charge in [0, 0.05) is 0 Å². The first-order valence-corrected chi connectivity index (χ1v) is 5.78. The van der Waals surface area contributed by atoms with Crippen LogP contribution in [0.3, 0.4) is 0 Å². The predicted molar refractivity (Wildman–Crippen MR) is 63.3 cm³/mol. The summed E-state index contributed by atoms with van der Waals surface area (Å²) in [6.07, 6.45) is 1.96. The van der Waals surface area contributed by atoms with Crippen molar-refractivity contribution in [2.24, 2.45) is 5.92 Å². The van der Waals surface area contributed by atoms with E-state index in [0.717, 1.165) is 19.1 Å². The third-order valence-electron chi connectivity index (χ3n) is 2.39. The van der Waals surface area contributed by atoms with Crippen LogP contribution in [0.25, 0.3) is 0 Å². The maximum absolute atomic E-state index is 11.5. The minimum Gasteiger partial charge on any atom is -0.444 e. The maximum Gasteiger partial charge on any atom is 0.408 e. The molecule has 0 rings (SSSR count). The number of nitrogens with one attached hydrogen (secondary N) is 1. The van der Waals surface area contributed by atoms with Crippen molar-refractivity contribution in [2.45, 2.75) is 59.1 Å². The normalized spacial score (nSPS) is 13.4. The molecule has 16 heavy (non-hydrogen) atoms. The lowest BCUT2D eigenvalue weighted by molar-refractivity contribution is -0.110. The highest BCUT2D eigenvalue weighted by molar-refractivity contribution is 5.73. The van der Waals surface area contributed by atoms with Crippen molar-refractivity contribution in [3.8, 4) is 0 Å². The number of alkyl carbamates (subject to hydrolysis) is 1. The van der Waals surface area contributed by atoms with Crippen LogP contribution in [-0.4, -0.2) is 24.0 Å². The Balaban J connectivity index is 4.32. The zero-order valence-electron chi connectivity index (χ0n) is 10.9. The van der Waals surface area contributed by atoms with Gasteiger partial charge in [-0.2, -0.15) is 0 Å². The largest absolute Gasteiger partial charge is 0.444 e. The second-order valence-electron chi connectivity index (χ2n) is 4.88. The Morgan fingerprint density at radius 1 is 1.31 bits per heavy atom. The van der Waals surface area contributed by atoms with Crippen molar-refractivity contribution in [3.05, 3.63) is 0 Å². The van der Waals surface area contributed by atoms with Crippen molar-refractivity contribution in [1.82, 2.24) is 5.32 Å². The Bertz CT molecular complexity index is 229. The molecule has 0 radical (unpaired) electrons. The fraction of sp³-hybridized carbons (Fsp3) is 0.833. The lowest BCUT2D eigenvalue weighted by Crippen LogP contribution is -2.43. The van der Waals surface area contributed by atoms with Gasteiger partial charge in [0.1, 0.15) is 11.9 Å². The van der Waals surface area contributed by atoms with Gasteiger partial charge in [-0.1, -0.05) is 26.7 Å². The van der Waals surface area contributed by atoms with Crippen LogP contribution in [-0.2, 0) is 9.53 Å². The smallest absolute Gasteiger partial charge is 0.408 e. The van der Waals surface area contributed by atoms with Crippen molar-refractivity contribution >= 4 is 12.4 Å². The summed E-state index contributed by atoms with van der Waals surface area (Å²) < 4.78 is 5.10. The van der Waals surface area contributed by atoms with E-state index in [9.17, 15) is 9.59 Å². The highest BCUT2D eigenvalue weighted by Crippen LogP contribution is 2.13. The van der Waals surface area contributed by atoms with Crippen LogP contribution in [0.15, 0.2) is 0 Å². The van der Waals surface area contributed by atoms with Gasteiger partial charge < -0.3 is 14.8 Å². The molecule has 0 fully saturated rings. The van der Waals surface area contributed by atoms with E-state index in [-0.39, 0.29) is 5.92 Å². The molecule has 1 amide bonds. The van der Waals surface area contributed by atoms with Crippen LogP contribution in [0.4, 0.5) is 4.79 Å². The first-order chi connectivity index (χ1) is 7.34. The van der Waals surface area contributed by atoms with E-state index in [1.165, 1.54) is 0 Å². The fourth-order valence-corrected chi connectivity index (χ4v) is 1.50. The molecule has 4 nitrogen and oxygen atoms in total. The van der Waals surface area contributed by atoms with E-state index < -0.39 is 17.7 Å². The number of ether oxygens (including phenoxy) is 1. The SMILES string of the molecule is CCC(CC)C(C=O)NC(=O)OC(C)(C)C. The molecular weight excluding hydrogens is 206 g/mol. The molecule has 0 aromatic carbocycles. The second kappa shape index (κ2) is 6.51. The zero-order chi connectivity index (χ0) is 12.8. The molecular formula is C12H23NO3. The van der Waals surface area contributed by atoms with E-state index in [2.05, 4.69) is 5.32 Å². The summed E-state index contributed by atoms with van der Waals surface area (Å²) >= 11 is 0. The van der Waals surface area contributed by atoms with Gasteiger partial charge in [0.15, 0.2) is 0 Å². The number of carbonyl (C=O) groups is 2. The summed E-state index contributed by atoms with van der Waals surface area (Å²) in [5.41, 5.74) is -0.536. The fourth-order valence-electron chi connectivity index (χ4n) is 1.50. The molecule has 0 aromatic heterocycles. The quantitative estimate of drug-likeness (QED) is 0.737. The van der Waals surface area contributed by atoms with Gasteiger partial charge in [-0.3, -0.25) is 0 Å². The molecule has 1 N–H and O–H groups in total. The lowest BCUT2D eigenvalue weighted by Gasteiger charge is -2.24. The third kappa shape index (κ3) is 5.73. The van der Waals surface area contributed by atoms with E-state index in [4.69, 9.17) is 4.74 Å². The number of aldehydes is 1. The molecule has 0 aliphatic rings. The van der Waals surface area contributed by atoms with E-state index in [1.807, 2.05) is 13.8 Å². The van der Waals surface area contributed by atoms with Gasteiger partial charge in [-0.25, -0.2) is 4.79 Å². The Morgan fingerprint density at radius 3 is 2.12 bits per heavy atom. The number of hydrogen-bond donors (Lipinski definition) is 1. The number of amides is 1. The highest BCUT2D eigenvalue weighted by Gasteiger charge is 2.23.